The van der Waals surface area contributed by atoms with Crippen LogP contribution in [0.5, 0.6) is 0 Å². The molecule has 0 fully saturated rings. The van der Waals surface area contributed by atoms with Crippen molar-refractivity contribution in [3.63, 3.8) is 0 Å². The molecule has 3 N–H and O–H groups in total. The first kappa shape index (κ1) is 24.2. The topological polar surface area (TPSA) is 169 Å². The van der Waals surface area contributed by atoms with Crippen LogP contribution in [0.2, 0.25) is 0 Å². The second-order valence-electron chi connectivity index (χ2n) is 9.38. The van der Waals surface area contributed by atoms with Crippen molar-refractivity contribution in [2.45, 2.75) is 39.3 Å². The number of rotatable bonds is 6. The summed E-state index contributed by atoms with van der Waals surface area (Å²) in [5, 5.41) is 14.4. The van der Waals surface area contributed by atoms with Crippen molar-refractivity contribution in [1.82, 2.24) is 35.9 Å². The van der Waals surface area contributed by atoms with Gasteiger partial charge in [-0.2, -0.15) is 0 Å². The van der Waals surface area contributed by atoms with Crippen LogP contribution in [0.3, 0.4) is 0 Å². The maximum atomic E-state index is 13.1. The predicted molar refractivity (Wildman–Crippen MR) is 138 cm³/mol. The van der Waals surface area contributed by atoms with Gasteiger partial charge >= 0.3 is 5.76 Å². The van der Waals surface area contributed by atoms with Crippen LogP contribution in [0.1, 0.15) is 61.4 Å². The summed E-state index contributed by atoms with van der Waals surface area (Å²) in [5.74, 6) is -1.07. The monoisotopic (exact) mass is 525 g/mol. The number of nitrogens with one attached hydrogen (secondary N) is 3. The molecule has 196 valence electrons. The lowest BCUT2D eigenvalue weighted by Crippen LogP contribution is -2.29. The Bertz CT molecular complexity index is 1800. The lowest BCUT2D eigenvalue weighted by Gasteiger charge is -2.15. The van der Waals surface area contributed by atoms with E-state index in [1.54, 1.807) is 0 Å². The van der Waals surface area contributed by atoms with E-state index in [1.807, 2.05) is 44.2 Å². The maximum absolute atomic E-state index is 13.1. The van der Waals surface area contributed by atoms with E-state index in [4.69, 9.17) is 4.52 Å². The van der Waals surface area contributed by atoms with Crippen molar-refractivity contribution in [3.8, 4) is 11.4 Å². The molecule has 1 aliphatic carbocycles. The largest absolute Gasteiger partial charge is 0.439 e. The molecule has 0 bridgehead atoms. The van der Waals surface area contributed by atoms with Crippen molar-refractivity contribution in [2.75, 3.05) is 0 Å². The molecule has 0 aliphatic heterocycles. The van der Waals surface area contributed by atoms with Crippen molar-refractivity contribution < 1.29 is 18.6 Å². The molecule has 2 aromatic carbocycles. The maximum Gasteiger partial charge on any atom is 0.439 e. The molecule has 12 nitrogen and oxygen atoms in total. The van der Waals surface area contributed by atoms with Gasteiger partial charge in [0.25, 0.3) is 11.8 Å². The van der Waals surface area contributed by atoms with Crippen LogP contribution in [0, 0.1) is 13.8 Å². The van der Waals surface area contributed by atoms with Gasteiger partial charge in [-0.1, -0.05) is 28.5 Å². The molecule has 3 aromatic heterocycles. The van der Waals surface area contributed by atoms with E-state index in [0.29, 0.717) is 17.8 Å². The average Bonchev–Trinajstić information content (AvgIpc) is 3.66. The Hall–Kier alpha value is -5.13. The van der Waals surface area contributed by atoms with Gasteiger partial charge in [0.15, 0.2) is 11.4 Å². The standard InChI is InChI=1S/C27H23N7O5/c1-13-16-6-7-20(18(16)5-4-17(13)24-32-27(37)39-34-24)31-26(36)22-10-21(29-12-30-22)25(35)28-11-15-3-8-23-19(9-15)14(2)33-38-23/h3-5,8-10,12,20H,6-7,11H2,1-2H3,(H,28,35)(H,31,36)(H,32,34,37)/t20-/m0/s1. The van der Waals surface area contributed by atoms with E-state index >= 15 is 0 Å². The summed E-state index contributed by atoms with van der Waals surface area (Å²) in [4.78, 5) is 47.9. The number of aryl methyl sites for hydroxylation is 1. The van der Waals surface area contributed by atoms with Crippen LogP contribution in [-0.2, 0) is 13.0 Å². The Labute approximate surface area is 220 Å². The summed E-state index contributed by atoms with van der Waals surface area (Å²) in [5.41, 5.74) is 6.33. The smallest absolute Gasteiger partial charge is 0.356 e. The number of hydrogen-bond donors (Lipinski definition) is 3. The second-order valence-corrected chi connectivity index (χ2v) is 9.38. The van der Waals surface area contributed by atoms with Gasteiger partial charge in [-0.3, -0.25) is 19.1 Å². The van der Waals surface area contributed by atoms with Crippen LogP contribution >= 0.6 is 0 Å². The van der Waals surface area contributed by atoms with Crippen molar-refractivity contribution in [1.29, 1.82) is 0 Å². The molecule has 5 aromatic rings. The Morgan fingerprint density at radius 1 is 1.03 bits per heavy atom. The van der Waals surface area contributed by atoms with Gasteiger partial charge in [0.1, 0.15) is 17.7 Å². The zero-order chi connectivity index (χ0) is 27.1. The SMILES string of the molecule is Cc1c(-c2noc(=O)[nH]2)ccc2c1CC[C@@H]2NC(=O)c1cc(C(=O)NCc2ccc3onc(C)c3c2)ncn1. The summed E-state index contributed by atoms with van der Waals surface area (Å²) < 4.78 is 9.85. The Morgan fingerprint density at radius 3 is 2.64 bits per heavy atom. The molecule has 2 amide bonds. The number of hydrogen-bond acceptors (Lipinski definition) is 9. The molecule has 3 heterocycles. The van der Waals surface area contributed by atoms with E-state index in [2.05, 4.69) is 40.4 Å². The highest BCUT2D eigenvalue weighted by atomic mass is 16.5. The molecule has 6 rings (SSSR count). The number of aromatic nitrogens is 5. The van der Waals surface area contributed by atoms with E-state index in [-0.39, 0.29) is 24.0 Å². The molecule has 12 heteroatoms. The second kappa shape index (κ2) is 9.63. The third kappa shape index (κ3) is 4.56. The van der Waals surface area contributed by atoms with Crippen LogP contribution in [0.15, 0.2) is 56.6 Å². The number of carbonyl (C=O) groups is 2. The summed E-state index contributed by atoms with van der Waals surface area (Å²) in [6.07, 6.45) is 2.66. The summed E-state index contributed by atoms with van der Waals surface area (Å²) >= 11 is 0. The minimum atomic E-state index is -0.615. The van der Waals surface area contributed by atoms with Gasteiger partial charge in [0, 0.05) is 23.6 Å². The molecule has 1 aliphatic rings. The summed E-state index contributed by atoms with van der Waals surface area (Å²) in [7, 11) is 0. The van der Waals surface area contributed by atoms with Crippen molar-refractivity contribution in [3.05, 3.63) is 92.6 Å². The van der Waals surface area contributed by atoms with E-state index < -0.39 is 17.6 Å². The van der Waals surface area contributed by atoms with Gasteiger partial charge in [-0.15, -0.1) is 0 Å². The lowest BCUT2D eigenvalue weighted by atomic mass is 9.97. The normalized spacial score (nSPS) is 14.4. The van der Waals surface area contributed by atoms with Gasteiger partial charge in [-0.25, -0.2) is 14.8 Å². The van der Waals surface area contributed by atoms with Crippen LogP contribution < -0.4 is 16.4 Å². The minimum Gasteiger partial charge on any atom is -0.356 e. The number of nitrogens with zero attached hydrogens (tertiary/aromatic N) is 4. The third-order valence-electron chi connectivity index (χ3n) is 6.99. The molecular formula is C27H23N7O5. The lowest BCUT2D eigenvalue weighted by molar-refractivity contribution is 0.0931. The highest BCUT2D eigenvalue weighted by molar-refractivity contribution is 5.97. The van der Waals surface area contributed by atoms with Crippen LogP contribution in [0.25, 0.3) is 22.4 Å². The molecule has 0 unspecified atom stereocenters. The number of aromatic amines is 1. The molecule has 0 spiro atoms. The molecule has 0 saturated carbocycles. The Kier molecular flexibility index (Phi) is 5.98. The van der Waals surface area contributed by atoms with Gasteiger partial charge in [0.2, 0.25) is 0 Å². The summed E-state index contributed by atoms with van der Waals surface area (Å²) in [6.45, 7) is 4.07. The van der Waals surface area contributed by atoms with E-state index in [0.717, 1.165) is 45.3 Å². The number of amides is 2. The first-order chi connectivity index (χ1) is 18.9. The van der Waals surface area contributed by atoms with Crippen molar-refractivity contribution >= 4 is 22.8 Å². The van der Waals surface area contributed by atoms with Gasteiger partial charge in [0.05, 0.1) is 11.7 Å². The molecular weight excluding hydrogens is 502 g/mol. The highest BCUT2D eigenvalue weighted by Gasteiger charge is 2.28. The zero-order valence-electron chi connectivity index (χ0n) is 21.1. The minimum absolute atomic E-state index is 0.0892. The predicted octanol–water partition coefficient (Wildman–Crippen LogP) is 2.93. The Balaban J connectivity index is 1.13. The molecule has 39 heavy (non-hydrogen) atoms. The van der Waals surface area contributed by atoms with Crippen LogP contribution in [-0.4, -0.2) is 37.1 Å². The summed E-state index contributed by atoms with van der Waals surface area (Å²) in [6, 6.07) is 10.5. The highest BCUT2D eigenvalue weighted by Crippen LogP contribution is 2.37. The van der Waals surface area contributed by atoms with Gasteiger partial charge < -0.3 is 15.2 Å². The van der Waals surface area contributed by atoms with Crippen molar-refractivity contribution in [2.24, 2.45) is 0 Å². The number of carbonyl (C=O) groups excluding carboxylic acids is 2. The van der Waals surface area contributed by atoms with Crippen LogP contribution in [0.4, 0.5) is 0 Å². The Morgan fingerprint density at radius 2 is 1.85 bits per heavy atom. The fourth-order valence-corrected chi connectivity index (χ4v) is 4.96. The number of benzene rings is 2. The third-order valence-corrected chi connectivity index (χ3v) is 6.99. The molecule has 0 radical (unpaired) electrons. The molecule has 0 saturated heterocycles. The van der Waals surface area contributed by atoms with E-state index in [1.165, 1.54) is 12.4 Å². The van der Waals surface area contributed by atoms with Gasteiger partial charge in [-0.05, 0) is 61.1 Å². The fourth-order valence-electron chi connectivity index (χ4n) is 4.96. The number of H-pyrrole nitrogens is 1. The zero-order valence-corrected chi connectivity index (χ0v) is 21.1. The number of fused-ring (bicyclic) bond motifs is 2. The quantitative estimate of drug-likeness (QED) is 0.302. The van der Waals surface area contributed by atoms with E-state index in [9.17, 15) is 14.4 Å². The first-order valence-corrected chi connectivity index (χ1v) is 12.3. The average molecular weight is 526 g/mol. The molecule has 1 atom stereocenters. The first-order valence-electron chi connectivity index (χ1n) is 12.3. The fraction of sp³-hybridized carbons (Fsp3) is 0.222.